The summed E-state index contributed by atoms with van der Waals surface area (Å²) in [6.45, 7) is 1.39. The number of aliphatic carboxylic acids is 1. The van der Waals surface area contributed by atoms with E-state index in [-0.39, 0.29) is 12.3 Å². The molecule has 1 fully saturated rings. The molecular formula is C15H19NO4. The van der Waals surface area contributed by atoms with Gasteiger partial charge in [-0.2, -0.15) is 0 Å². The van der Waals surface area contributed by atoms with Crippen LogP contribution in [0.25, 0.3) is 6.08 Å². The highest BCUT2D eigenvalue weighted by Crippen LogP contribution is 2.21. The molecule has 1 N–H and O–H groups in total. The van der Waals surface area contributed by atoms with Gasteiger partial charge in [-0.25, -0.2) is 0 Å². The summed E-state index contributed by atoms with van der Waals surface area (Å²) in [5.74, 6) is 0.131. The van der Waals surface area contributed by atoms with Crippen LogP contribution in [0.3, 0.4) is 0 Å². The molecule has 0 spiro atoms. The van der Waals surface area contributed by atoms with E-state index in [2.05, 4.69) is 0 Å². The highest BCUT2D eigenvalue weighted by atomic mass is 16.4. The SMILES string of the molecule is O=C(O)CCC1CCCN(C(=O)/C=C/c2ccco2)C1. The molecule has 0 aromatic carbocycles. The lowest BCUT2D eigenvalue weighted by atomic mass is 9.93. The van der Waals surface area contributed by atoms with Crippen molar-refractivity contribution in [2.75, 3.05) is 13.1 Å². The first-order chi connectivity index (χ1) is 9.65. The summed E-state index contributed by atoms with van der Waals surface area (Å²) in [7, 11) is 0. The second-order valence-corrected chi connectivity index (χ2v) is 5.07. The number of carboxylic acids is 1. The van der Waals surface area contributed by atoms with Gasteiger partial charge in [-0.05, 0) is 43.4 Å². The number of furan rings is 1. The fourth-order valence-corrected chi connectivity index (χ4v) is 2.47. The molecule has 108 valence electrons. The van der Waals surface area contributed by atoms with Crippen molar-refractivity contribution in [1.82, 2.24) is 4.90 Å². The molecule has 0 bridgehead atoms. The van der Waals surface area contributed by atoms with Crippen LogP contribution in [0.1, 0.15) is 31.4 Å². The topological polar surface area (TPSA) is 70.8 Å². The van der Waals surface area contributed by atoms with E-state index in [0.717, 1.165) is 19.4 Å². The van der Waals surface area contributed by atoms with E-state index in [4.69, 9.17) is 9.52 Å². The second-order valence-electron chi connectivity index (χ2n) is 5.07. The maximum absolute atomic E-state index is 12.1. The molecule has 5 heteroatoms. The van der Waals surface area contributed by atoms with Crippen LogP contribution in [0.15, 0.2) is 28.9 Å². The number of carbonyl (C=O) groups is 2. The van der Waals surface area contributed by atoms with Gasteiger partial charge in [0.1, 0.15) is 5.76 Å². The molecule has 2 heterocycles. The Morgan fingerprint density at radius 3 is 3.05 bits per heavy atom. The van der Waals surface area contributed by atoms with Crippen molar-refractivity contribution in [3.63, 3.8) is 0 Å². The van der Waals surface area contributed by atoms with E-state index in [1.165, 1.54) is 6.08 Å². The molecule has 2 rings (SSSR count). The first-order valence-corrected chi connectivity index (χ1v) is 6.87. The molecule has 1 saturated heterocycles. The number of piperidine rings is 1. The van der Waals surface area contributed by atoms with E-state index >= 15 is 0 Å². The number of amides is 1. The lowest BCUT2D eigenvalue weighted by Gasteiger charge is -2.31. The molecule has 0 saturated carbocycles. The lowest BCUT2D eigenvalue weighted by Crippen LogP contribution is -2.39. The average molecular weight is 277 g/mol. The van der Waals surface area contributed by atoms with Crippen LogP contribution in [0.2, 0.25) is 0 Å². The summed E-state index contributed by atoms with van der Waals surface area (Å²) in [5, 5.41) is 8.71. The van der Waals surface area contributed by atoms with Crippen LogP contribution in [0.5, 0.6) is 0 Å². The molecule has 1 aliphatic heterocycles. The number of carboxylic acid groups (broad SMARTS) is 1. The van der Waals surface area contributed by atoms with Crippen molar-refractivity contribution in [2.24, 2.45) is 5.92 Å². The fourth-order valence-electron chi connectivity index (χ4n) is 2.47. The van der Waals surface area contributed by atoms with Gasteiger partial charge in [0.15, 0.2) is 0 Å². The number of nitrogens with zero attached hydrogens (tertiary/aromatic N) is 1. The minimum atomic E-state index is -0.772. The molecule has 1 aromatic heterocycles. The van der Waals surface area contributed by atoms with Crippen molar-refractivity contribution in [3.8, 4) is 0 Å². The van der Waals surface area contributed by atoms with E-state index in [1.807, 2.05) is 0 Å². The third kappa shape index (κ3) is 4.26. The van der Waals surface area contributed by atoms with Gasteiger partial charge in [0.2, 0.25) is 5.91 Å². The Morgan fingerprint density at radius 2 is 2.35 bits per heavy atom. The van der Waals surface area contributed by atoms with E-state index in [1.54, 1.807) is 29.4 Å². The molecule has 1 atom stereocenters. The zero-order valence-electron chi connectivity index (χ0n) is 11.3. The van der Waals surface area contributed by atoms with Gasteiger partial charge in [-0.3, -0.25) is 9.59 Å². The van der Waals surface area contributed by atoms with Crippen molar-refractivity contribution < 1.29 is 19.1 Å². The normalized spacial score (nSPS) is 19.4. The Bertz CT molecular complexity index is 478. The minimum Gasteiger partial charge on any atom is -0.481 e. The van der Waals surface area contributed by atoms with E-state index in [0.29, 0.717) is 24.6 Å². The molecule has 20 heavy (non-hydrogen) atoms. The summed E-state index contributed by atoms with van der Waals surface area (Å²) in [6, 6.07) is 3.56. The van der Waals surface area contributed by atoms with Gasteiger partial charge < -0.3 is 14.4 Å². The summed E-state index contributed by atoms with van der Waals surface area (Å²) < 4.78 is 5.13. The molecular weight excluding hydrogens is 258 g/mol. The van der Waals surface area contributed by atoms with Crippen molar-refractivity contribution in [1.29, 1.82) is 0 Å². The molecule has 1 aromatic rings. The van der Waals surface area contributed by atoms with Crippen LogP contribution in [-0.4, -0.2) is 35.0 Å². The number of rotatable bonds is 5. The summed E-state index contributed by atoms with van der Waals surface area (Å²) >= 11 is 0. The van der Waals surface area contributed by atoms with Gasteiger partial charge in [0.05, 0.1) is 6.26 Å². The zero-order chi connectivity index (χ0) is 14.4. The molecule has 1 unspecified atom stereocenters. The van der Waals surface area contributed by atoms with Crippen molar-refractivity contribution >= 4 is 18.0 Å². The third-order valence-electron chi connectivity index (χ3n) is 3.53. The van der Waals surface area contributed by atoms with Gasteiger partial charge in [-0.15, -0.1) is 0 Å². The molecule has 0 radical (unpaired) electrons. The quantitative estimate of drug-likeness (QED) is 0.839. The van der Waals surface area contributed by atoms with Gasteiger partial charge in [0.25, 0.3) is 0 Å². The van der Waals surface area contributed by atoms with E-state index < -0.39 is 5.97 Å². The van der Waals surface area contributed by atoms with Crippen LogP contribution in [0, 0.1) is 5.92 Å². The largest absolute Gasteiger partial charge is 0.481 e. The monoisotopic (exact) mass is 277 g/mol. The Morgan fingerprint density at radius 1 is 1.50 bits per heavy atom. The van der Waals surface area contributed by atoms with Crippen LogP contribution in [-0.2, 0) is 9.59 Å². The molecule has 1 aliphatic rings. The second kappa shape index (κ2) is 6.93. The maximum Gasteiger partial charge on any atom is 0.303 e. The summed E-state index contributed by atoms with van der Waals surface area (Å²) in [6.07, 6.45) is 7.48. The van der Waals surface area contributed by atoms with Crippen molar-refractivity contribution in [2.45, 2.75) is 25.7 Å². The standard InChI is InChI=1S/C15H19NO4/c17-14(7-6-13-4-2-10-20-13)16-9-1-3-12(11-16)5-8-15(18)19/h2,4,6-7,10,12H,1,3,5,8-9,11H2,(H,18,19)/b7-6+. The Balaban J connectivity index is 1.85. The average Bonchev–Trinajstić information content (AvgIpc) is 2.96. The maximum atomic E-state index is 12.1. The minimum absolute atomic E-state index is 0.0403. The molecule has 0 aliphatic carbocycles. The van der Waals surface area contributed by atoms with Crippen LogP contribution >= 0.6 is 0 Å². The molecule has 1 amide bonds. The predicted molar refractivity (Wildman–Crippen MR) is 73.9 cm³/mol. The summed E-state index contributed by atoms with van der Waals surface area (Å²) in [4.78, 5) is 24.4. The smallest absolute Gasteiger partial charge is 0.303 e. The Hall–Kier alpha value is -2.04. The number of hydrogen-bond acceptors (Lipinski definition) is 3. The first-order valence-electron chi connectivity index (χ1n) is 6.87. The van der Waals surface area contributed by atoms with Crippen LogP contribution in [0.4, 0.5) is 0 Å². The first kappa shape index (κ1) is 14.4. The predicted octanol–water partition coefficient (Wildman–Crippen LogP) is 2.40. The zero-order valence-corrected chi connectivity index (χ0v) is 11.3. The van der Waals surface area contributed by atoms with Gasteiger partial charge in [-0.1, -0.05) is 0 Å². The van der Waals surface area contributed by atoms with Gasteiger partial charge in [0, 0.05) is 25.6 Å². The third-order valence-corrected chi connectivity index (χ3v) is 3.53. The number of likely N-dealkylation sites (tertiary alicyclic amines) is 1. The van der Waals surface area contributed by atoms with E-state index in [9.17, 15) is 9.59 Å². The highest BCUT2D eigenvalue weighted by Gasteiger charge is 2.22. The Labute approximate surface area is 117 Å². The lowest BCUT2D eigenvalue weighted by molar-refractivity contribution is -0.137. The number of hydrogen-bond donors (Lipinski definition) is 1. The van der Waals surface area contributed by atoms with Crippen molar-refractivity contribution in [3.05, 3.63) is 30.2 Å². The number of carbonyl (C=O) groups excluding carboxylic acids is 1. The highest BCUT2D eigenvalue weighted by molar-refractivity contribution is 5.91. The summed E-state index contributed by atoms with van der Waals surface area (Å²) in [5.41, 5.74) is 0. The molecule has 5 nitrogen and oxygen atoms in total. The Kier molecular flexibility index (Phi) is 4.98. The fraction of sp³-hybridized carbons (Fsp3) is 0.467. The van der Waals surface area contributed by atoms with Gasteiger partial charge >= 0.3 is 5.97 Å². The van der Waals surface area contributed by atoms with Crippen LogP contribution < -0.4 is 0 Å².